The van der Waals surface area contributed by atoms with Crippen molar-refractivity contribution in [2.24, 2.45) is 11.1 Å². The molecule has 2 heteroatoms. The SMILES string of the molecule is CC(CN1CCC(N)C(C)(C)C1)c1ccccc1. The summed E-state index contributed by atoms with van der Waals surface area (Å²) in [6.45, 7) is 10.3. The van der Waals surface area contributed by atoms with Gasteiger partial charge in [-0.05, 0) is 29.9 Å². The monoisotopic (exact) mass is 246 g/mol. The van der Waals surface area contributed by atoms with Gasteiger partial charge in [0.25, 0.3) is 0 Å². The minimum absolute atomic E-state index is 0.245. The van der Waals surface area contributed by atoms with Gasteiger partial charge in [-0.2, -0.15) is 0 Å². The van der Waals surface area contributed by atoms with Crippen LogP contribution < -0.4 is 5.73 Å². The Morgan fingerprint density at radius 1 is 1.33 bits per heavy atom. The van der Waals surface area contributed by atoms with Crippen molar-refractivity contribution in [3.63, 3.8) is 0 Å². The van der Waals surface area contributed by atoms with E-state index in [1.807, 2.05) is 0 Å². The zero-order valence-electron chi connectivity index (χ0n) is 11.9. The molecule has 1 saturated heterocycles. The highest BCUT2D eigenvalue weighted by atomic mass is 15.1. The number of likely N-dealkylation sites (tertiary alicyclic amines) is 1. The molecule has 0 aliphatic carbocycles. The summed E-state index contributed by atoms with van der Waals surface area (Å²) in [4.78, 5) is 2.57. The molecule has 0 spiro atoms. The third-order valence-electron chi connectivity index (χ3n) is 4.29. The minimum atomic E-state index is 0.245. The Balaban J connectivity index is 1.94. The molecule has 0 bridgehead atoms. The van der Waals surface area contributed by atoms with Crippen molar-refractivity contribution in [2.75, 3.05) is 19.6 Å². The minimum Gasteiger partial charge on any atom is -0.327 e. The fourth-order valence-electron chi connectivity index (χ4n) is 2.92. The summed E-state index contributed by atoms with van der Waals surface area (Å²) in [7, 11) is 0. The lowest BCUT2D eigenvalue weighted by atomic mass is 9.79. The van der Waals surface area contributed by atoms with Gasteiger partial charge in [-0.15, -0.1) is 0 Å². The van der Waals surface area contributed by atoms with Gasteiger partial charge < -0.3 is 10.6 Å². The van der Waals surface area contributed by atoms with E-state index in [-0.39, 0.29) is 5.41 Å². The molecule has 0 aromatic heterocycles. The van der Waals surface area contributed by atoms with Crippen LogP contribution in [0.1, 0.15) is 38.7 Å². The molecule has 2 N–H and O–H groups in total. The Morgan fingerprint density at radius 3 is 2.61 bits per heavy atom. The molecule has 0 radical (unpaired) electrons. The van der Waals surface area contributed by atoms with Crippen molar-refractivity contribution in [3.8, 4) is 0 Å². The predicted octanol–water partition coefficient (Wildman–Crippen LogP) is 2.85. The first-order valence-electron chi connectivity index (χ1n) is 7.02. The predicted molar refractivity (Wildman–Crippen MR) is 77.7 cm³/mol. The maximum Gasteiger partial charge on any atom is 0.0115 e. The molecule has 1 heterocycles. The van der Waals surface area contributed by atoms with E-state index >= 15 is 0 Å². The molecule has 1 aliphatic heterocycles. The van der Waals surface area contributed by atoms with E-state index in [1.54, 1.807) is 0 Å². The van der Waals surface area contributed by atoms with Crippen LogP contribution >= 0.6 is 0 Å². The van der Waals surface area contributed by atoms with Crippen LogP contribution in [0.5, 0.6) is 0 Å². The van der Waals surface area contributed by atoms with Crippen molar-refractivity contribution >= 4 is 0 Å². The van der Waals surface area contributed by atoms with Crippen LogP contribution in [-0.2, 0) is 0 Å². The summed E-state index contributed by atoms with van der Waals surface area (Å²) in [6, 6.07) is 11.1. The van der Waals surface area contributed by atoms with Gasteiger partial charge in [-0.1, -0.05) is 51.1 Å². The number of rotatable bonds is 3. The molecule has 2 atom stereocenters. The first kappa shape index (κ1) is 13.6. The summed E-state index contributed by atoms with van der Waals surface area (Å²) in [5, 5.41) is 0. The molecular formula is C16H26N2. The number of nitrogens with zero attached hydrogens (tertiary/aromatic N) is 1. The van der Waals surface area contributed by atoms with Crippen molar-refractivity contribution in [1.82, 2.24) is 4.90 Å². The van der Waals surface area contributed by atoms with Crippen molar-refractivity contribution in [1.29, 1.82) is 0 Å². The molecule has 1 aromatic rings. The highest BCUT2D eigenvalue weighted by molar-refractivity contribution is 5.19. The normalized spacial score (nSPS) is 25.9. The lowest BCUT2D eigenvalue weighted by Gasteiger charge is -2.43. The topological polar surface area (TPSA) is 29.3 Å². The molecular weight excluding hydrogens is 220 g/mol. The van der Waals surface area contributed by atoms with Crippen LogP contribution in [0.2, 0.25) is 0 Å². The van der Waals surface area contributed by atoms with E-state index in [0.29, 0.717) is 12.0 Å². The highest BCUT2D eigenvalue weighted by Gasteiger charge is 2.33. The zero-order valence-corrected chi connectivity index (χ0v) is 11.9. The second-order valence-electron chi connectivity index (χ2n) is 6.43. The summed E-state index contributed by atoms with van der Waals surface area (Å²) < 4.78 is 0. The number of nitrogens with two attached hydrogens (primary N) is 1. The van der Waals surface area contributed by atoms with Crippen LogP contribution in [0.3, 0.4) is 0 Å². The Hall–Kier alpha value is -0.860. The van der Waals surface area contributed by atoms with Gasteiger partial charge in [0, 0.05) is 19.1 Å². The van der Waals surface area contributed by atoms with E-state index < -0.39 is 0 Å². The summed E-state index contributed by atoms with van der Waals surface area (Å²) in [6.07, 6.45) is 1.12. The van der Waals surface area contributed by atoms with E-state index in [1.165, 1.54) is 5.56 Å². The van der Waals surface area contributed by atoms with Crippen molar-refractivity contribution in [2.45, 2.75) is 39.2 Å². The van der Waals surface area contributed by atoms with Crippen molar-refractivity contribution < 1.29 is 0 Å². The summed E-state index contributed by atoms with van der Waals surface area (Å²) in [5.74, 6) is 0.594. The Bertz CT molecular complexity index is 372. The lowest BCUT2D eigenvalue weighted by Crippen LogP contribution is -2.52. The molecule has 0 amide bonds. The number of benzene rings is 1. The van der Waals surface area contributed by atoms with Gasteiger partial charge in [0.1, 0.15) is 0 Å². The molecule has 2 nitrogen and oxygen atoms in total. The fourth-order valence-corrected chi connectivity index (χ4v) is 2.92. The molecule has 2 rings (SSSR count). The largest absolute Gasteiger partial charge is 0.327 e. The zero-order chi connectivity index (χ0) is 13.2. The van der Waals surface area contributed by atoms with E-state index in [2.05, 4.69) is 56.0 Å². The highest BCUT2D eigenvalue weighted by Crippen LogP contribution is 2.29. The second-order valence-corrected chi connectivity index (χ2v) is 6.43. The Morgan fingerprint density at radius 2 is 2.00 bits per heavy atom. The van der Waals surface area contributed by atoms with Gasteiger partial charge in [0.15, 0.2) is 0 Å². The number of piperidine rings is 1. The Kier molecular flexibility index (Phi) is 4.08. The third kappa shape index (κ3) is 3.12. The molecule has 1 aromatic carbocycles. The van der Waals surface area contributed by atoms with E-state index in [4.69, 9.17) is 5.73 Å². The summed E-state index contributed by atoms with van der Waals surface area (Å²) >= 11 is 0. The first-order chi connectivity index (χ1) is 8.49. The standard InChI is InChI=1S/C16H26N2/c1-13(14-7-5-4-6-8-14)11-18-10-9-15(17)16(2,3)12-18/h4-8,13,15H,9-12,17H2,1-3H3. The Labute approximate surface area is 111 Å². The lowest BCUT2D eigenvalue weighted by molar-refractivity contribution is 0.0915. The van der Waals surface area contributed by atoms with Crippen LogP contribution in [0.25, 0.3) is 0 Å². The van der Waals surface area contributed by atoms with Gasteiger partial charge in [-0.3, -0.25) is 0 Å². The van der Waals surface area contributed by atoms with Gasteiger partial charge in [0.2, 0.25) is 0 Å². The summed E-state index contributed by atoms with van der Waals surface area (Å²) in [5.41, 5.74) is 7.87. The molecule has 1 fully saturated rings. The number of hydrogen-bond donors (Lipinski definition) is 1. The van der Waals surface area contributed by atoms with Crippen molar-refractivity contribution in [3.05, 3.63) is 35.9 Å². The average molecular weight is 246 g/mol. The maximum atomic E-state index is 6.19. The van der Waals surface area contributed by atoms with Crippen LogP contribution in [-0.4, -0.2) is 30.6 Å². The molecule has 1 aliphatic rings. The van der Waals surface area contributed by atoms with Crippen LogP contribution in [0.4, 0.5) is 0 Å². The van der Waals surface area contributed by atoms with Crippen LogP contribution in [0.15, 0.2) is 30.3 Å². The van der Waals surface area contributed by atoms with Crippen LogP contribution in [0, 0.1) is 5.41 Å². The van der Waals surface area contributed by atoms with Gasteiger partial charge in [0.05, 0.1) is 0 Å². The molecule has 100 valence electrons. The van der Waals surface area contributed by atoms with E-state index in [0.717, 1.165) is 26.1 Å². The maximum absolute atomic E-state index is 6.19. The smallest absolute Gasteiger partial charge is 0.0115 e. The molecule has 0 saturated carbocycles. The molecule has 2 unspecified atom stereocenters. The van der Waals surface area contributed by atoms with E-state index in [9.17, 15) is 0 Å². The van der Waals surface area contributed by atoms with Gasteiger partial charge >= 0.3 is 0 Å². The quantitative estimate of drug-likeness (QED) is 0.888. The number of hydrogen-bond acceptors (Lipinski definition) is 2. The third-order valence-corrected chi connectivity index (χ3v) is 4.29. The second kappa shape index (κ2) is 5.41. The average Bonchev–Trinajstić information content (AvgIpc) is 2.34. The van der Waals surface area contributed by atoms with Gasteiger partial charge in [-0.25, -0.2) is 0 Å². The molecule has 18 heavy (non-hydrogen) atoms. The fraction of sp³-hybridized carbons (Fsp3) is 0.625. The first-order valence-corrected chi connectivity index (χ1v) is 7.02.